The summed E-state index contributed by atoms with van der Waals surface area (Å²) >= 11 is 3.32. The quantitative estimate of drug-likeness (QED) is 0.258. The maximum atomic E-state index is 12.3. The fraction of sp³-hybridized carbons (Fsp3) is 0. The molecular weight excluding hydrogens is 458 g/mol. The summed E-state index contributed by atoms with van der Waals surface area (Å²) in [5, 5.41) is 9.71. The molecule has 0 bridgehead atoms. The Morgan fingerprint density at radius 1 is 0.806 bits per heavy atom. The number of amides is 1. The molecule has 0 aliphatic carbocycles. The van der Waals surface area contributed by atoms with Crippen LogP contribution in [0.5, 0.6) is 0 Å². The third-order valence-corrected chi connectivity index (χ3v) is 5.17. The molecule has 4 rings (SSSR count). The van der Waals surface area contributed by atoms with Crippen LogP contribution in [0.1, 0.15) is 20.7 Å². The van der Waals surface area contributed by atoms with Crippen LogP contribution in [-0.4, -0.2) is 11.9 Å². The molecule has 0 radical (unpaired) electrons. The summed E-state index contributed by atoms with van der Waals surface area (Å²) in [7, 11) is 0. The Hall–Kier alpha value is -3.84. The smallest absolute Gasteiger partial charge is 0.338 e. The Kier molecular flexibility index (Phi) is 6.14. The van der Waals surface area contributed by atoms with E-state index in [0.717, 1.165) is 10.8 Å². The Balaban J connectivity index is 1.36. The molecule has 4 aromatic rings. The summed E-state index contributed by atoms with van der Waals surface area (Å²) in [4.78, 5) is 29.6. The first kappa shape index (κ1) is 20.4. The van der Waals surface area contributed by atoms with Gasteiger partial charge in [-0.25, -0.2) is 10.3 Å². The Morgan fingerprint density at radius 3 is 2.29 bits per heavy atom. The van der Waals surface area contributed by atoms with Crippen LogP contribution in [-0.2, 0) is 4.84 Å². The lowest BCUT2D eigenvalue weighted by Crippen LogP contribution is -2.10. The van der Waals surface area contributed by atoms with Crippen LogP contribution >= 0.6 is 15.9 Å². The number of carbonyl (C=O) groups excluding carboxylic acids is 2. The summed E-state index contributed by atoms with van der Waals surface area (Å²) in [6.45, 7) is 0. The number of anilines is 1. The van der Waals surface area contributed by atoms with Gasteiger partial charge in [0.25, 0.3) is 5.91 Å². The lowest BCUT2D eigenvalue weighted by molar-refractivity contribution is 0.0596. The minimum absolute atomic E-state index is 0.435. The highest BCUT2D eigenvalue weighted by molar-refractivity contribution is 9.10. The average Bonchev–Trinajstić information content (AvgIpc) is 2.81. The van der Waals surface area contributed by atoms with E-state index in [9.17, 15) is 9.59 Å². The molecule has 0 fully saturated rings. The highest BCUT2D eigenvalue weighted by atomic mass is 79.9. The molecule has 31 heavy (non-hydrogen) atoms. The molecule has 7 heteroatoms. The number of halogens is 1. The summed E-state index contributed by atoms with van der Waals surface area (Å²) < 4.78 is 0.659. The van der Waals surface area contributed by atoms with Crippen molar-refractivity contribution in [2.45, 2.75) is 0 Å². The van der Waals surface area contributed by atoms with Gasteiger partial charge in [0.05, 0.1) is 22.5 Å². The molecule has 1 N–H and O–H groups in total. The van der Waals surface area contributed by atoms with Gasteiger partial charge in [0.15, 0.2) is 0 Å². The number of benzene rings is 4. The van der Waals surface area contributed by atoms with Gasteiger partial charge in [-0.15, -0.1) is 10.2 Å². The first-order valence-corrected chi connectivity index (χ1v) is 10.2. The number of rotatable bonds is 5. The molecule has 0 aliphatic rings. The van der Waals surface area contributed by atoms with Gasteiger partial charge in [0.1, 0.15) is 0 Å². The van der Waals surface area contributed by atoms with Crippen LogP contribution in [0, 0.1) is 0 Å². The van der Waals surface area contributed by atoms with Crippen LogP contribution in [0.4, 0.5) is 11.4 Å². The van der Waals surface area contributed by atoms with Gasteiger partial charge in [0, 0.05) is 4.47 Å². The van der Waals surface area contributed by atoms with Gasteiger partial charge in [-0.2, -0.15) is 0 Å². The Labute approximate surface area is 186 Å². The third kappa shape index (κ3) is 5.02. The Bertz CT molecular complexity index is 1290. The summed E-state index contributed by atoms with van der Waals surface area (Å²) in [5.74, 6) is -0.937. The maximum absolute atomic E-state index is 12.3. The van der Waals surface area contributed by atoms with Gasteiger partial charge < -0.3 is 4.84 Å². The van der Waals surface area contributed by atoms with E-state index in [1.807, 2.05) is 36.4 Å². The fourth-order valence-corrected chi connectivity index (χ4v) is 3.32. The Morgan fingerprint density at radius 2 is 1.52 bits per heavy atom. The highest BCUT2D eigenvalue weighted by Crippen LogP contribution is 2.21. The zero-order valence-electron chi connectivity index (χ0n) is 16.2. The molecule has 0 aliphatic heterocycles. The molecule has 0 saturated carbocycles. The minimum atomic E-state index is -0.492. The van der Waals surface area contributed by atoms with Crippen LogP contribution in [0.3, 0.4) is 0 Å². The maximum Gasteiger partial charge on any atom is 0.362 e. The number of hydrogen-bond acceptors (Lipinski definition) is 5. The molecule has 0 unspecified atom stereocenters. The first-order chi connectivity index (χ1) is 15.1. The van der Waals surface area contributed by atoms with Crippen molar-refractivity contribution in [3.63, 3.8) is 0 Å². The van der Waals surface area contributed by atoms with E-state index in [0.29, 0.717) is 27.0 Å². The number of nitrogens with one attached hydrogen (secondary N) is 1. The van der Waals surface area contributed by atoms with Crippen molar-refractivity contribution in [3.05, 3.63) is 107 Å². The van der Waals surface area contributed by atoms with Crippen LogP contribution in [0.2, 0.25) is 0 Å². The molecule has 0 spiro atoms. The normalized spacial score (nSPS) is 10.9. The number of fused-ring (bicyclic) bond motifs is 1. The van der Waals surface area contributed by atoms with Gasteiger partial charge in [0.2, 0.25) is 0 Å². The third-order valence-electron chi connectivity index (χ3n) is 4.47. The molecule has 0 saturated heterocycles. The second-order valence-electron chi connectivity index (χ2n) is 6.59. The van der Waals surface area contributed by atoms with E-state index in [2.05, 4.69) is 31.6 Å². The SMILES string of the molecule is O=C(ONc1ccc(N=NC(=O)c2ccccc2Br)cc1)c1ccc2ccccc2c1. The van der Waals surface area contributed by atoms with Crippen LogP contribution in [0.25, 0.3) is 10.8 Å². The van der Waals surface area contributed by atoms with Crippen molar-refractivity contribution in [2.75, 3.05) is 5.48 Å². The predicted octanol–water partition coefficient (Wildman–Crippen LogP) is 6.71. The van der Waals surface area contributed by atoms with Gasteiger partial charge in [-0.1, -0.05) is 42.5 Å². The fourth-order valence-electron chi connectivity index (χ4n) is 2.87. The van der Waals surface area contributed by atoms with E-state index < -0.39 is 11.9 Å². The van der Waals surface area contributed by atoms with E-state index in [1.54, 1.807) is 54.6 Å². The van der Waals surface area contributed by atoms with Gasteiger partial charge in [-0.05, 0) is 75.2 Å². The van der Waals surface area contributed by atoms with E-state index in [4.69, 9.17) is 4.84 Å². The second-order valence-corrected chi connectivity index (χ2v) is 7.44. The number of azo groups is 1. The van der Waals surface area contributed by atoms with E-state index in [-0.39, 0.29) is 0 Å². The lowest BCUT2D eigenvalue weighted by atomic mass is 10.1. The summed E-state index contributed by atoms with van der Waals surface area (Å²) in [6.07, 6.45) is 0. The minimum Gasteiger partial charge on any atom is -0.338 e. The molecule has 4 aromatic carbocycles. The summed E-state index contributed by atoms with van der Waals surface area (Å²) in [5.41, 5.74) is 4.56. The van der Waals surface area contributed by atoms with E-state index in [1.165, 1.54) is 0 Å². The number of carbonyl (C=O) groups is 2. The molecule has 1 amide bonds. The van der Waals surface area contributed by atoms with Gasteiger partial charge >= 0.3 is 5.97 Å². The summed E-state index contributed by atoms with van der Waals surface area (Å²) in [6, 6.07) is 26.8. The molecule has 0 atom stereocenters. The largest absolute Gasteiger partial charge is 0.362 e. The molecular formula is C24H16BrN3O3. The van der Waals surface area contributed by atoms with Crippen molar-refractivity contribution in [3.8, 4) is 0 Å². The monoisotopic (exact) mass is 473 g/mol. The number of nitrogens with zero attached hydrogens (tertiary/aromatic N) is 2. The topological polar surface area (TPSA) is 80.1 Å². The van der Waals surface area contributed by atoms with Crippen molar-refractivity contribution in [2.24, 2.45) is 10.2 Å². The van der Waals surface area contributed by atoms with Gasteiger partial charge in [-0.3, -0.25) is 4.79 Å². The standard InChI is InChI=1S/C24H16BrN3O3/c25-22-8-4-3-7-21(22)23(29)27-26-19-11-13-20(14-12-19)28-31-24(30)18-10-9-16-5-1-2-6-17(16)15-18/h1-15,28H. The second kappa shape index (κ2) is 9.32. The van der Waals surface area contributed by atoms with Crippen molar-refractivity contribution >= 4 is 50.0 Å². The zero-order chi connectivity index (χ0) is 21.6. The molecule has 152 valence electrons. The zero-order valence-corrected chi connectivity index (χ0v) is 17.7. The average molecular weight is 474 g/mol. The number of hydrogen-bond donors (Lipinski definition) is 1. The predicted molar refractivity (Wildman–Crippen MR) is 122 cm³/mol. The highest BCUT2D eigenvalue weighted by Gasteiger charge is 2.09. The van der Waals surface area contributed by atoms with Crippen molar-refractivity contribution in [1.29, 1.82) is 0 Å². The lowest BCUT2D eigenvalue weighted by Gasteiger charge is -2.07. The van der Waals surface area contributed by atoms with Crippen molar-refractivity contribution in [1.82, 2.24) is 0 Å². The van der Waals surface area contributed by atoms with Crippen LogP contribution in [0.15, 0.2) is 106 Å². The molecule has 6 nitrogen and oxygen atoms in total. The first-order valence-electron chi connectivity index (χ1n) is 9.37. The molecule has 0 heterocycles. The van der Waals surface area contributed by atoms with Crippen molar-refractivity contribution < 1.29 is 14.4 Å². The molecule has 0 aromatic heterocycles. The van der Waals surface area contributed by atoms with Crippen LogP contribution < -0.4 is 5.48 Å². The van der Waals surface area contributed by atoms with E-state index >= 15 is 0 Å².